The molecule has 0 radical (unpaired) electrons. The normalized spacial score (nSPS) is 40.9. The topological polar surface area (TPSA) is 26.7 Å². The van der Waals surface area contributed by atoms with Crippen LogP contribution in [0.3, 0.4) is 0 Å². The Kier molecular flexibility index (Phi) is 1.87. The van der Waals surface area contributed by atoms with Gasteiger partial charge in [-0.1, -0.05) is 0 Å². The van der Waals surface area contributed by atoms with Crippen molar-refractivity contribution < 1.29 is 5.11 Å². The summed E-state index contributed by atoms with van der Waals surface area (Å²) in [6, 6.07) is 0.628. The van der Waals surface area contributed by atoms with Gasteiger partial charge in [-0.15, -0.1) is 0 Å². The van der Waals surface area contributed by atoms with Gasteiger partial charge in [-0.25, -0.2) is 0 Å². The molecule has 0 aromatic heterocycles. The Balaban J connectivity index is 1.97. The van der Waals surface area contributed by atoms with E-state index >= 15 is 0 Å². The van der Waals surface area contributed by atoms with Crippen LogP contribution in [0.4, 0.5) is 0 Å². The summed E-state index contributed by atoms with van der Waals surface area (Å²) < 4.78 is 0. The summed E-state index contributed by atoms with van der Waals surface area (Å²) in [5.74, 6) is 0. The lowest BCUT2D eigenvalue weighted by Crippen LogP contribution is -2.48. The van der Waals surface area contributed by atoms with Gasteiger partial charge in [0.1, 0.15) is 0 Å². The molecule has 0 aromatic carbocycles. The summed E-state index contributed by atoms with van der Waals surface area (Å²) in [7, 11) is 2.15. The monoisotopic (exact) mass is 156 g/mol. The minimum Gasteiger partial charge on any atom is -0.392 e. The van der Waals surface area contributed by atoms with Gasteiger partial charge in [0.05, 0.1) is 6.10 Å². The molecule has 2 aliphatic heterocycles. The van der Waals surface area contributed by atoms with Crippen LogP contribution in [0.5, 0.6) is 0 Å². The zero-order chi connectivity index (χ0) is 7.84. The van der Waals surface area contributed by atoms with E-state index in [-0.39, 0.29) is 6.10 Å². The highest BCUT2D eigenvalue weighted by molar-refractivity contribution is 4.89. The Labute approximate surface area is 67.6 Å². The molecule has 2 atom stereocenters. The summed E-state index contributed by atoms with van der Waals surface area (Å²) in [6.07, 6.45) is 0.913. The van der Waals surface area contributed by atoms with E-state index in [1.165, 1.54) is 0 Å². The van der Waals surface area contributed by atoms with Crippen LogP contribution in [0, 0.1) is 0 Å². The molecule has 0 unspecified atom stereocenters. The van der Waals surface area contributed by atoms with Crippen LogP contribution in [0.2, 0.25) is 0 Å². The van der Waals surface area contributed by atoms with Crippen molar-refractivity contribution in [3.05, 3.63) is 0 Å². The molecule has 0 spiro atoms. The molecule has 3 heteroatoms. The molecule has 64 valence electrons. The number of aliphatic hydroxyl groups excluding tert-OH is 1. The Morgan fingerprint density at radius 2 is 2.09 bits per heavy atom. The molecule has 2 fully saturated rings. The highest BCUT2D eigenvalue weighted by atomic mass is 16.3. The van der Waals surface area contributed by atoms with Gasteiger partial charge in [-0.3, -0.25) is 4.90 Å². The summed E-state index contributed by atoms with van der Waals surface area (Å²) in [6.45, 7) is 4.33. The van der Waals surface area contributed by atoms with Crippen molar-refractivity contribution >= 4 is 0 Å². The van der Waals surface area contributed by atoms with Crippen molar-refractivity contribution in [2.45, 2.75) is 18.6 Å². The maximum atomic E-state index is 9.39. The van der Waals surface area contributed by atoms with Crippen LogP contribution < -0.4 is 0 Å². The van der Waals surface area contributed by atoms with Crippen LogP contribution >= 0.6 is 0 Å². The molecule has 1 N–H and O–H groups in total. The maximum Gasteiger partial charge on any atom is 0.0682 e. The Morgan fingerprint density at radius 3 is 2.91 bits per heavy atom. The van der Waals surface area contributed by atoms with Gasteiger partial charge in [-0.05, 0) is 13.5 Å². The van der Waals surface area contributed by atoms with E-state index < -0.39 is 0 Å². The number of piperazine rings is 1. The second-order valence-corrected chi connectivity index (χ2v) is 3.80. The smallest absolute Gasteiger partial charge is 0.0682 e. The number of hydrogen-bond acceptors (Lipinski definition) is 3. The van der Waals surface area contributed by atoms with Crippen LogP contribution in [-0.4, -0.2) is 60.3 Å². The van der Waals surface area contributed by atoms with Gasteiger partial charge in [0.15, 0.2) is 0 Å². The van der Waals surface area contributed by atoms with Crippen LogP contribution in [0.1, 0.15) is 6.42 Å². The lowest BCUT2D eigenvalue weighted by atomic mass is 10.1. The fourth-order valence-corrected chi connectivity index (χ4v) is 2.17. The second-order valence-electron chi connectivity index (χ2n) is 3.80. The summed E-state index contributed by atoms with van der Waals surface area (Å²) >= 11 is 0. The molecule has 2 aliphatic rings. The first-order valence-electron chi connectivity index (χ1n) is 4.36. The number of nitrogens with zero attached hydrogens (tertiary/aromatic N) is 2. The van der Waals surface area contributed by atoms with Gasteiger partial charge in [0.2, 0.25) is 0 Å². The van der Waals surface area contributed by atoms with Gasteiger partial charge >= 0.3 is 0 Å². The number of fused-ring (bicyclic) bond motifs is 1. The predicted molar refractivity (Wildman–Crippen MR) is 43.5 cm³/mol. The molecule has 2 rings (SSSR count). The number of aliphatic hydroxyl groups is 1. The van der Waals surface area contributed by atoms with E-state index in [9.17, 15) is 5.11 Å². The van der Waals surface area contributed by atoms with E-state index in [2.05, 4.69) is 16.8 Å². The summed E-state index contributed by atoms with van der Waals surface area (Å²) in [5, 5.41) is 9.39. The molecule has 0 aromatic rings. The molecule has 0 bridgehead atoms. The Hall–Kier alpha value is -0.120. The molecule has 11 heavy (non-hydrogen) atoms. The summed E-state index contributed by atoms with van der Waals surface area (Å²) in [5.41, 5.74) is 0. The van der Waals surface area contributed by atoms with Crippen molar-refractivity contribution in [2.24, 2.45) is 0 Å². The van der Waals surface area contributed by atoms with Crippen LogP contribution in [0.25, 0.3) is 0 Å². The predicted octanol–water partition coefficient (Wildman–Crippen LogP) is -0.633. The summed E-state index contributed by atoms with van der Waals surface area (Å²) in [4.78, 5) is 4.75. The SMILES string of the molecule is CN1CCN2C[C@H](O)C[C@@H]2C1. The largest absolute Gasteiger partial charge is 0.392 e. The fraction of sp³-hybridized carbons (Fsp3) is 1.00. The number of likely N-dealkylation sites (N-methyl/N-ethyl adjacent to an activating group) is 1. The average molecular weight is 156 g/mol. The third-order valence-corrected chi connectivity index (χ3v) is 2.80. The minimum absolute atomic E-state index is 0.0634. The Bertz CT molecular complexity index is 151. The highest BCUT2D eigenvalue weighted by Crippen LogP contribution is 2.20. The minimum atomic E-state index is -0.0634. The van der Waals surface area contributed by atoms with Crippen molar-refractivity contribution in [1.29, 1.82) is 0 Å². The molecule has 2 saturated heterocycles. The average Bonchev–Trinajstić information content (AvgIpc) is 2.27. The van der Waals surface area contributed by atoms with Gasteiger partial charge < -0.3 is 10.0 Å². The number of rotatable bonds is 0. The first-order valence-corrected chi connectivity index (χ1v) is 4.36. The Morgan fingerprint density at radius 1 is 1.27 bits per heavy atom. The van der Waals surface area contributed by atoms with Crippen molar-refractivity contribution in [2.75, 3.05) is 33.2 Å². The van der Waals surface area contributed by atoms with Gasteiger partial charge in [-0.2, -0.15) is 0 Å². The molecule has 0 aliphatic carbocycles. The standard InChI is InChI=1S/C8H16N2O/c1-9-2-3-10-6-8(11)4-7(10)5-9/h7-8,11H,2-6H2,1H3/t7-,8-/m1/s1. The van der Waals surface area contributed by atoms with Gasteiger partial charge in [0, 0.05) is 32.2 Å². The van der Waals surface area contributed by atoms with E-state index in [4.69, 9.17) is 0 Å². The third kappa shape index (κ3) is 1.41. The van der Waals surface area contributed by atoms with E-state index in [1.807, 2.05) is 0 Å². The lowest BCUT2D eigenvalue weighted by molar-refractivity contribution is 0.120. The van der Waals surface area contributed by atoms with Gasteiger partial charge in [0.25, 0.3) is 0 Å². The van der Waals surface area contributed by atoms with Crippen molar-refractivity contribution in [3.63, 3.8) is 0 Å². The molecule has 2 heterocycles. The molecule has 0 amide bonds. The highest BCUT2D eigenvalue weighted by Gasteiger charge is 2.33. The first-order chi connectivity index (χ1) is 5.25. The first kappa shape index (κ1) is 7.53. The lowest BCUT2D eigenvalue weighted by Gasteiger charge is -2.34. The van der Waals surface area contributed by atoms with Crippen molar-refractivity contribution in [3.8, 4) is 0 Å². The molecule has 0 saturated carbocycles. The van der Waals surface area contributed by atoms with Crippen LogP contribution in [-0.2, 0) is 0 Å². The third-order valence-electron chi connectivity index (χ3n) is 2.80. The van der Waals surface area contributed by atoms with Crippen molar-refractivity contribution in [1.82, 2.24) is 9.80 Å². The quantitative estimate of drug-likeness (QED) is 0.506. The fourth-order valence-electron chi connectivity index (χ4n) is 2.17. The zero-order valence-corrected chi connectivity index (χ0v) is 7.03. The number of hydrogen-bond donors (Lipinski definition) is 1. The molecule has 3 nitrogen and oxygen atoms in total. The second kappa shape index (κ2) is 2.73. The van der Waals surface area contributed by atoms with E-state index in [1.54, 1.807) is 0 Å². The molecular formula is C8H16N2O. The van der Waals surface area contributed by atoms with Crippen LogP contribution in [0.15, 0.2) is 0 Å². The van der Waals surface area contributed by atoms with E-state index in [0.717, 1.165) is 32.6 Å². The zero-order valence-electron chi connectivity index (χ0n) is 7.03. The maximum absolute atomic E-state index is 9.39. The molecular weight excluding hydrogens is 140 g/mol. The van der Waals surface area contributed by atoms with E-state index in [0.29, 0.717) is 6.04 Å².